The number of hydrogen-bond donors (Lipinski definition) is 1. The number of nitrogens with zero attached hydrogens (tertiary/aromatic N) is 3. The van der Waals surface area contributed by atoms with E-state index in [9.17, 15) is 4.79 Å². The third kappa shape index (κ3) is 5.26. The largest absolute Gasteiger partial charge is 0.495 e. The Hall–Kier alpha value is -3.29. The lowest BCUT2D eigenvalue weighted by Crippen LogP contribution is -2.33. The van der Waals surface area contributed by atoms with Gasteiger partial charge >= 0.3 is 0 Å². The summed E-state index contributed by atoms with van der Waals surface area (Å²) in [5.41, 5.74) is 2.55. The van der Waals surface area contributed by atoms with Crippen LogP contribution >= 0.6 is 23.4 Å². The smallest absolute Gasteiger partial charge is 0.238 e. The molecule has 0 aliphatic rings. The second-order valence-electron chi connectivity index (χ2n) is 7.90. The fraction of sp³-hybridized carbons (Fsp3) is 0.192. The van der Waals surface area contributed by atoms with Crippen LogP contribution in [0.1, 0.15) is 24.7 Å². The Morgan fingerprint density at radius 2 is 1.68 bits per heavy atom. The Labute approximate surface area is 208 Å². The Morgan fingerprint density at radius 3 is 2.29 bits per heavy atom. The van der Waals surface area contributed by atoms with Crippen LogP contribution in [0.4, 0.5) is 0 Å². The number of thioether (sulfide) groups is 1. The van der Waals surface area contributed by atoms with Gasteiger partial charge in [-0.2, -0.15) is 0 Å². The minimum atomic E-state index is -0.510. The average molecular weight is 493 g/mol. The second kappa shape index (κ2) is 10.8. The molecule has 34 heavy (non-hydrogen) atoms. The molecule has 1 heterocycles. The molecule has 4 rings (SSSR count). The van der Waals surface area contributed by atoms with Gasteiger partial charge in [0.2, 0.25) is 5.91 Å². The third-order valence-corrected chi connectivity index (χ3v) is 6.55. The molecule has 0 saturated heterocycles. The number of carbonyl (C=O) groups is 1. The van der Waals surface area contributed by atoms with Crippen molar-refractivity contribution in [2.45, 2.75) is 30.3 Å². The number of hydrogen-bond acceptors (Lipinski definition) is 5. The van der Waals surface area contributed by atoms with Gasteiger partial charge in [0, 0.05) is 11.6 Å². The summed E-state index contributed by atoms with van der Waals surface area (Å²) in [7, 11) is 1.58. The Morgan fingerprint density at radius 1 is 1.00 bits per heavy atom. The van der Waals surface area contributed by atoms with Crippen LogP contribution in [-0.2, 0) is 4.79 Å². The summed E-state index contributed by atoms with van der Waals surface area (Å²) in [6.07, 6.45) is 0. The summed E-state index contributed by atoms with van der Waals surface area (Å²) in [6, 6.07) is 25.0. The first-order chi connectivity index (χ1) is 16.5. The Kier molecular flexibility index (Phi) is 7.55. The molecule has 0 aliphatic heterocycles. The first-order valence-electron chi connectivity index (χ1n) is 10.8. The predicted molar refractivity (Wildman–Crippen MR) is 137 cm³/mol. The number of nitrogens with one attached hydrogen (secondary N) is 1. The van der Waals surface area contributed by atoms with Crippen molar-refractivity contribution in [1.82, 2.24) is 20.1 Å². The van der Waals surface area contributed by atoms with Gasteiger partial charge in [0.25, 0.3) is 0 Å². The number of amides is 1. The maximum atomic E-state index is 13.2. The predicted octanol–water partition coefficient (Wildman–Crippen LogP) is 5.95. The summed E-state index contributed by atoms with van der Waals surface area (Å²) in [6.45, 7) is 3.89. The Balaban J connectivity index is 1.83. The Bertz CT molecular complexity index is 1260. The van der Waals surface area contributed by atoms with E-state index < -0.39 is 5.25 Å². The molecule has 6 nitrogen and oxygen atoms in total. The molecule has 0 aliphatic carbocycles. The molecule has 3 aromatic carbocycles. The zero-order valence-electron chi connectivity index (χ0n) is 19.1. The first kappa shape index (κ1) is 23.9. The van der Waals surface area contributed by atoms with E-state index in [1.165, 1.54) is 11.8 Å². The molecule has 1 aromatic heterocycles. The zero-order valence-corrected chi connectivity index (χ0v) is 20.7. The van der Waals surface area contributed by atoms with Crippen LogP contribution in [0.15, 0.2) is 84.0 Å². The lowest BCUT2D eigenvalue weighted by atomic mass is 10.1. The SMILES string of the molecule is COc1ccc(-n2c(SC(C(=O)NC(C)C)c3ccccc3)nnc2-c2ccccc2)cc1Cl. The summed E-state index contributed by atoms with van der Waals surface area (Å²) >= 11 is 7.80. The van der Waals surface area contributed by atoms with Crippen molar-refractivity contribution in [3.8, 4) is 22.8 Å². The van der Waals surface area contributed by atoms with Crippen LogP contribution in [0.25, 0.3) is 17.1 Å². The molecule has 0 spiro atoms. The summed E-state index contributed by atoms with van der Waals surface area (Å²) in [5.74, 6) is 1.14. The fourth-order valence-electron chi connectivity index (χ4n) is 3.51. The van der Waals surface area contributed by atoms with Crippen molar-refractivity contribution in [1.29, 1.82) is 0 Å². The van der Waals surface area contributed by atoms with Gasteiger partial charge in [0.05, 0.1) is 17.8 Å². The zero-order chi connectivity index (χ0) is 24.1. The van der Waals surface area contributed by atoms with Gasteiger partial charge in [0.15, 0.2) is 11.0 Å². The molecule has 174 valence electrons. The van der Waals surface area contributed by atoms with Gasteiger partial charge in [-0.25, -0.2) is 0 Å². The number of carbonyl (C=O) groups excluding carboxylic acids is 1. The lowest BCUT2D eigenvalue weighted by molar-refractivity contribution is -0.121. The first-order valence-corrected chi connectivity index (χ1v) is 12.1. The normalized spacial score (nSPS) is 11.9. The van der Waals surface area contributed by atoms with E-state index in [0.29, 0.717) is 21.8 Å². The van der Waals surface area contributed by atoms with E-state index in [0.717, 1.165) is 16.8 Å². The molecule has 1 N–H and O–H groups in total. The van der Waals surface area contributed by atoms with Gasteiger partial charge in [-0.15, -0.1) is 10.2 Å². The van der Waals surface area contributed by atoms with Crippen molar-refractivity contribution >= 4 is 29.3 Å². The van der Waals surface area contributed by atoms with Crippen LogP contribution in [0.3, 0.4) is 0 Å². The molecule has 8 heteroatoms. The van der Waals surface area contributed by atoms with Crippen LogP contribution in [0.2, 0.25) is 5.02 Å². The van der Waals surface area contributed by atoms with Crippen LogP contribution in [0.5, 0.6) is 5.75 Å². The summed E-state index contributed by atoms with van der Waals surface area (Å²) in [4.78, 5) is 13.2. The van der Waals surface area contributed by atoms with E-state index >= 15 is 0 Å². The number of halogens is 1. The highest BCUT2D eigenvalue weighted by atomic mass is 35.5. The monoisotopic (exact) mass is 492 g/mol. The number of rotatable bonds is 8. The molecule has 0 bridgehead atoms. The maximum absolute atomic E-state index is 13.2. The van der Waals surface area contributed by atoms with Gasteiger partial charge in [-0.1, -0.05) is 84.0 Å². The van der Waals surface area contributed by atoms with E-state index in [1.54, 1.807) is 13.2 Å². The molecular formula is C26H25ClN4O2S. The molecule has 0 radical (unpaired) electrons. The van der Waals surface area contributed by atoms with Crippen LogP contribution < -0.4 is 10.1 Å². The number of ether oxygens (including phenoxy) is 1. The highest BCUT2D eigenvalue weighted by molar-refractivity contribution is 8.00. The van der Waals surface area contributed by atoms with Crippen LogP contribution in [0, 0.1) is 0 Å². The summed E-state index contributed by atoms with van der Waals surface area (Å²) in [5, 5.41) is 12.5. The van der Waals surface area contributed by atoms with E-state index in [4.69, 9.17) is 16.3 Å². The van der Waals surface area contributed by atoms with Gasteiger partial charge in [-0.05, 0) is 37.6 Å². The minimum absolute atomic E-state index is 0.0115. The van der Waals surface area contributed by atoms with E-state index in [-0.39, 0.29) is 11.9 Å². The topological polar surface area (TPSA) is 69.0 Å². The molecule has 1 atom stereocenters. The van der Waals surface area contributed by atoms with Crippen molar-refractivity contribution in [3.05, 3.63) is 89.4 Å². The van der Waals surface area contributed by atoms with Gasteiger partial charge in [-0.3, -0.25) is 9.36 Å². The number of methoxy groups -OCH3 is 1. The highest BCUT2D eigenvalue weighted by Crippen LogP contribution is 2.38. The maximum Gasteiger partial charge on any atom is 0.238 e. The molecule has 1 unspecified atom stereocenters. The lowest BCUT2D eigenvalue weighted by Gasteiger charge is -2.19. The minimum Gasteiger partial charge on any atom is -0.495 e. The van der Waals surface area contributed by atoms with Gasteiger partial charge in [0.1, 0.15) is 11.0 Å². The quantitative estimate of drug-likeness (QED) is 0.307. The third-order valence-electron chi connectivity index (χ3n) is 5.05. The van der Waals surface area contributed by atoms with E-state index in [1.807, 2.05) is 91.2 Å². The van der Waals surface area contributed by atoms with Crippen molar-refractivity contribution < 1.29 is 9.53 Å². The van der Waals surface area contributed by atoms with Gasteiger partial charge < -0.3 is 10.1 Å². The number of benzene rings is 3. The average Bonchev–Trinajstić information content (AvgIpc) is 3.26. The molecule has 0 saturated carbocycles. The molecule has 0 fully saturated rings. The van der Waals surface area contributed by atoms with Crippen molar-refractivity contribution in [3.63, 3.8) is 0 Å². The molecular weight excluding hydrogens is 468 g/mol. The fourth-order valence-corrected chi connectivity index (χ4v) is 4.83. The molecule has 1 amide bonds. The molecule has 4 aromatic rings. The highest BCUT2D eigenvalue weighted by Gasteiger charge is 2.27. The van der Waals surface area contributed by atoms with Crippen molar-refractivity contribution in [2.24, 2.45) is 0 Å². The van der Waals surface area contributed by atoms with Crippen LogP contribution in [-0.4, -0.2) is 33.8 Å². The second-order valence-corrected chi connectivity index (χ2v) is 9.38. The van der Waals surface area contributed by atoms with E-state index in [2.05, 4.69) is 15.5 Å². The summed E-state index contributed by atoms with van der Waals surface area (Å²) < 4.78 is 7.24. The number of aromatic nitrogens is 3. The van der Waals surface area contributed by atoms with Crippen molar-refractivity contribution in [2.75, 3.05) is 7.11 Å². The standard InChI is InChI=1S/C26H25ClN4O2S/c1-17(2)28-25(32)23(18-10-6-4-7-11-18)34-26-30-29-24(19-12-8-5-9-13-19)31(26)20-14-15-22(33-3)21(27)16-20/h4-17,23H,1-3H3,(H,28,32).